The summed E-state index contributed by atoms with van der Waals surface area (Å²) in [4.78, 5) is 27.7. The second-order valence-corrected chi connectivity index (χ2v) is 6.82. The van der Waals surface area contributed by atoms with E-state index in [4.69, 9.17) is 9.47 Å². The maximum Gasteiger partial charge on any atom is 0.267 e. The van der Waals surface area contributed by atoms with Crippen LogP contribution in [0.1, 0.15) is 45.6 Å². The molecule has 0 aliphatic carbocycles. The van der Waals surface area contributed by atoms with Crippen LogP contribution in [-0.2, 0) is 24.7 Å². The maximum absolute atomic E-state index is 13.4. The molecule has 2 fully saturated rings. The molecule has 1 spiro atoms. The van der Waals surface area contributed by atoms with Crippen molar-refractivity contribution in [3.8, 4) is 0 Å². The Morgan fingerprint density at radius 3 is 2.70 bits per heavy atom. The lowest BCUT2D eigenvalue weighted by Crippen LogP contribution is -2.59. The molecule has 0 aromatic heterocycles. The lowest BCUT2D eigenvalue weighted by atomic mass is 9.73. The van der Waals surface area contributed by atoms with Gasteiger partial charge in [-0.25, -0.2) is 0 Å². The van der Waals surface area contributed by atoms with Gasteiger partial charge in [-0.3, -0.25) is 9.59 Å². The smallest absolute Gasteiger partial charge is 0.267 e. The normalized spacial score (nSPS) is 38.2. The number of Topliss-reactive ketones (excluding diaryl/α,β-unsaturated/α-hetero) is 1. The van der Waals surface area contributed by atoms with Gasteiger partial charge in [-0.05, 0) is 39.7 Å². The fourth-order valence-electron chi connectivity index (χ4n) is 4.58. The Labute approximate surface area is 135 Å². The number of nitrogens with zero attached hydrogens (tertiary/aromatic N) is 1. The van der Waals surface area contributed by atoms with E-state index in [1.807, 2.05) is 38.1 Å². The summed E-state index contributed by atoms with van der Waals surface area (Å²) in [6, 6.07) is 7.58. The number of likely N-dealkylation sites (N-methyl/N-ethyl adjacent to an activating group) is 1. The van der Waals surface area contributed by atoms with E-state index >= 15 is 0 Å². The minimum absolute atomic E-state index is 0.137. The van der Waals surface area contributed by atoms with Crippen LogP contribution in [0, 0.1) is 0 Å². The van der Waals surface area contributed by atoms with Crippen molar-refractivity contribution in [2.45, 2.75) is 57.0 Å². The molecule has 0 radical (unpaired) electrons. The van der Waals surface area contributed by atoms with Gasteiger partial charge in [-0.1, -0.05) is 18.2 Å². The second kappa shape index (κ2) is 4.42. The number of benzene rings is 1. The van der Waals surface area contributed by atoms with Gasteiger partial charge < -0.3 is 14.4 Å². The van der Waals surface area contributed by atoms with E-state index < -0.39 is 17.0 Å². The number of fused-ring (bicyclic) bond motifs is 5. The fourth-order valence-corrected chi connectivity index (χ4v) is 4.58. The van der Waals surface area contributed by atoms with Crippen molar-refractivity contribution >= 4 is 17.4 Å². The summed E-state index contributed by atoms with van der Waals surface area (Å²) < 4.78 is 12.5. The average Bonchev–Trinajstić information content (AvgIpc) is 2.87. The molecule has 4 rings (SSSR count). The van der Waals surface area contributed by atoms with E-state index in [-0.39, 0.29) is 11.7 Å². The van der Waals surface area contributed by atoms with Crippen molar-refractivity contribution in [3.63, 3.8) is 0 Å². The molecule has 0 unspecified atom stereocenters. The molecule has 1 aromatic rings. The van der Waals surface area contributed by atoms with Gasteiger partial charge in [0, 0.05) is 18.5 Å². The van der Waals surface area contributed by atoms with Gasteiger partial charge in [0.15, 0.2) is 17.2 Å². The Kier molecular flexibility index (Phi) is 2.86. The van der Waals surface area contributed by atoms with Crippen molar-refractivity contribution in [1.29, 1.82) is 0 Å². The van der Waals surface area contributed by atoms with Crippen LogP contribution in [-0.4, -0.2) is 29.6 Å². The lowest BCUT2D eigenvalue weighted by molar-refractivity contribution is -0.204. The van der Waals surface area contributed by atoms with Crippen molar-refractivity contribution in [1.82, 2.24) is 0 Å². The molecule has 2 bridgehead atoms. The van der Waals surface area contributed by atoms with Crippen molar-refractivity contribution in [3.05, 3.63) is 29.8 Å². The lowest BCUT2D eigenvalue weighted by Gasteiger charge is -2.38. The van der Waals surface area contributed by atoms with Crippen molar-refractivity contribution < 1.29 is 19.1 Å². The molecule has 2 saturated heterocycles. The third kappa shape index (κ3) is 1.54. The Hall–Kier alpha value is -1.72. The highest BCUT2D eigenvalue weighted by Crippen LogP contribution is 2.62. The molecule has 1 aromatic carbocycles. The summed E-state index contributed by atoms with van der Waals surface area (Å²) >= 11 is 0. The Morgan fingerprint density at radius 1 is 1.26 bits per heavy atom. The minimum Gasteiger partial charge on any atom is -0.332 e. The highest BCUT2D eigenvalue weighted by atomic mass is 16.8. The van der Waals surface area contributed by atoms with Gasteiger partial charge in [-0.15, -0.1) is 0 Å². The second-order valence-electron chi connectivity index (χ2n) is 6.82. The van der Waals surface area contributed by atoms with Crippen LogP contribution in [0.15, 0.2) is 24.3 Å². The fraction of sp³-hybridized carbons (Fsp3) is 0.556. The molecule has 5 heteroatoms. The molecule has 5 nitrogen and oxygen atoms in total. The standard InChI is InChI=1S/C18H21NO4/c1-4-19-14-9-6-5-8-13(14)18(15(19)21)17(12(2)20)11-7-10-16(3,22-17)23-18/h5-6,8-9H,4,7,10-11H2,1-3H3/t16-,17+,18+/m0/s1. The van der Waals surface area contributed by atoms with Gasteiger partial charge in [0.25, 0.3) is 5.91 Å². The molecule has 3 aliphatic rings. The first-order valence-corrected chi connectivity index (χ1v) is 8.23. The van der Waals surface area contributed by atoms with Crippen LogP contribution < -0.4 is 4.90 Å². The number of amides is 1. The van der Waals surface area contributed by atoms with Crippen LogP contribution >= 0.6 is 0 Å². The van der Waals surface area contributed by atoms with Crippen LogP contribution in [0.25, 0.3) is 0 Å². The first kappa shape index (κ1) is 14.8. The zero-order valence-corrected chi connectivity index (χ0v) is 13.7. The topological polar surface area (TPSA) is 55.8 Å². The van der Waals surface area contributed by atoms with Crippen LogP contribution in [0.4, 0.5) is 5.69 Å². The van der Waals surface area contributed by atoms with Crippen molar-refractivity contribution in [2.75, 3.05) is 11.4 Å². The highest BCUT2D eigenvalue weighted by molar-refractivity contribution is 6.12. The summed E-state index contributed by atoms with van der Waals surface area (Å²) in [5, 5.41) is 0. The molecule has 122 valence electrons. The molecule has 23 heavy (non-hydrogen) atoms. The molecular formula is C18H21NO4. The van der Waals surface area contributed by atoms with Gasteiger partial charge in [0.1, 0.15) is 0 Å². The number of ketones is 1. The number of ether oxygens (including phenoxy) is 2. The summed E-state index contributed by atoms with van der Waals surface area (Å²) in [7, 11) is 0. The average molecular weight is 315 g/mol. The number of anilines is 1. The first-order valence-electron chi connectivity index (χ1n) is 8.23. The summed E-state index contributed by atoms with van der Waals surface area (Å²) in [5.74, 6) is -1.21. The number of carbonyl (C=O) groups excluding carboxylic acids is 2. The van der Waals surface area contributed by atoms with E-state index in [9.17, 15) is 9.59 Å². The third-order valence-electron chi connectivity index (χ3n) is 5.49. The molecule has 3 atom stereocenters. The summed E-state index contributed by atoms with van der Waals surface area (Å²) in [6.45, 7) is 5.80. The van der Waals surface area contributed by atoms with Gasteiger partial charge in [0.05, 0.1) is 5.69 Å². The molecule has 3 heterocycles. The number of para-hydroxylation sites is 1. The van der Waals surface area contributed by atoms with E-state index in [1.165, 1.54) is 6.92 Å². The first-order chi connectivity index (χ1) is 10.9. The number of carbonyl (C=O) groups is 2. The van der Waals surface area contributed by atoms with Crippen LogP contribution in [0.5, 0.6) is 0 Å². The molecule has 1 amide bonds. The Morgan fingerprint density at radius 2 is 2.00 bits per heavy atom. The largest absolute Gasteiger partial charge is 0.332 e. The maximum atomic E-state index is 13.4. The van der Waals surface area contributed by atoms with Gasteiger partial charge in [-0.2, -0.15) is 0 Å². The van der Waals surface area contributed by atoms with Gasteiger partial charge in [0.2, 0.25) is 5.60 Å². The van der Waals surface area contributed by atoms with Crippen LogP contribution in [0.2, 0.25) is 0 Å². The number of hydrogen-bond donors (Lipinski definition) is 0. The van der Waals surface area contributed by atoms with E-state index in [1.54, 1.807) is 4.90 Å². The predicted octanol–water partition coefficient (Wildman–Crippen LogP) is 2.52. The predicted molar refractivity (Wildman–Crippen MR) is 84.0 cm³/mol. The Balaban J connectivity index is 2.03. The minimum atomic E-state index is -1.35. The highest BCUT2D eigenvalue weighted by Gasteiger charge is 2.76. The Bertz CT molecular complexity index is 717. The number of rotatable bonds is 2. The molecule has 0 saturated carbocycles. The summed E-state index contributed by atoms with van der Waals surface area (Å²) in [5.41, 5.74) is -0.999. The monoisotopic (exact) mass is 315 g/mol. The molecule has 0 N–H and O–H groups in total. The SMILES string of the molecule is CCN1C(=O)[C@]2(O[C@@]3(C)CCC[C@]2(C(C)=O)O3)c2ccccc21. The van der Waals surface area contributed by atoms with Crippen LogP contribution in [0.3, 0.4) is 0 Å². The zero-order valence-electron chi connectivity index (χ0n) is 13.7. The summed E-state index contributed by atoms with van der Waals surface area (Å²) in [6.07, 6.45) is 2.00. The van der Waals surface area contributed by atoms with E-state index in [2.05, 4.69) is 0 Å². The number of hydrogen-bond acceptors (Lipinski definition) is 4. The quantitative estimate of drug-likeness (QED) is 0.841. The molecule has 3 aliphatic heterocycles. The van der Waals surface area contributed by atoms with Crippen molar-refractivity contribution in [2.24, 2.45) is 0 Å². The third-order valence-corrected chi connectivity index (χ3v) is 5.49. The zero-order chi connectivity index (χ0) is 16.5. The molecular weight excluding hydrogens is 294 g/mol. The van der Waals surface area contributed by atoms with E-state index in [0.717, 1.165) is 17.7 Å². The van der Waals surface area contributed by atoms with E-state index in [0.29, 0.717) is 19.4 Å². The van der Waals surface area contributed by atoms with Gasteiger partial charge >= 0.3 is 0 Å².